The highest BCUT2D eigenvalue weighted by Gasteiger charge is 2.38. The van der Waals surface area contributed by atoms with E-state index in [9.17, 15) is 9.59 Å². The van der Waals surface area contributed by atoms with E-state index in [0.717, 1.165) is 27.2 Å². The molecule has 1 unspecified atom stereocenters. The van der Waals surface area contributed by atoms with Crippen LogP contribution in [0.15, 0.2) is 59.6 Å². The molecule has 2 aromatic rings. The molecule has 0 radical (unpaired) electrons. The van der Waals surface area contributed by atoms with Gasteiger partial charge in [0, 0.05) is 10.0 Å². The van der Waals surface area contributed by atoms with Crippen LogP contribution in [0.25, 0.3) is 0 Å². The molecule has 3 rings (SSSR count). The van der Waals surface area contributed by atoms with Crippen molar-refractivity contribution in [2.75, 3.05) is 25.2 Å². The number of para-hydroxylation sites is 1. The molecular formula is C20H20BrN2O3+. The number of hydrogen-bond acceptors (Lipinski definition) is 3. The van der Waals surface area contributed by atoms with Crippen molar-refractivity contribution in [1.29, 1.82) is 0 Å². The molecule has 1 amide bonds. The van der Waals surface area contributed by atoms with Gasteiger partial charge in [-0.2, -0.15) is 0 Å². The number of nitrogens with one attached hydrogen (secondary N) is 1. The van der Waals surface area contributed by atoms with Gasteiger partial charge in [0.15, 0.2) is 6.67 Å². The normalized spacial score (nSPS) is 14.3. The summed E-state index contributed by atoms with van der Waals surface area (Å²) in [6.07, 6.45) is 1.70. The van der Waals surface area contributed by atoms with Crippen molar-refractivity contribution < 1.29 is 19.2 Å². The van der Waals surface area contributed by atoms with Crippen LogP contribution in [0, 0.1) is 0 Å². The van der Waals surface area contributed by atoms with Gasteiger partial charge in [-0.3, -0.25) is 14.5 Å². The molecule has 0 saturated carbocycles. The molecule has 0 bridgehead atoms. The zero-order valence-corrected chi connectivity index (χ0v) is 16.1. The molecule has 5 nitrogen and oxygen atoms in total. The molecule has 1 atom stereocenters. The van der Waals surface area contributed by atoms with E-state index in [-0.39, 0.29) is 0 Å². The molecule has 26 heavy (non-hydrogen) atoms. The van der Waals surface area contributed by atoms with Gasteiger partial charge in [0.2, 0.25) is 0 Å². The largest absolute Gasteiger partial charge is 0.490 e. The lowest BCUT2D eigenvalue weighted by Gasteiger charge is -2.22. The number of fused-ring (bicyclic) bond motifs is 1. The lowest BCUT2D eigenvalue weighted by Crippen LogP contribution is -3.09. The Labute approximate surface area is 161 Å². The van der Waals surface area contributed by atoms with E-state index in [4.69, 9.17) is 4.74 Å². The van der Waals surface area contributed by atoms with Crippen LogP contribution in [0.2, 0.25) is 0 Å². The molecular weight excluding hydrogens is 396 g/mol. The first-order valence-electron chi connectivity index (χ1n) is 8.30. The number of rotatable bonds is 7. The first kappa shape index (κ1) is 18.4. The number of halogens is 1. The lowest BCUT2D eigenvalue weighted by molar-refractivity contribution is -0.892. The second kappa shape index (κ2) is 7.85. The first-order valence-corrected chi connectivity index (χ1v) is 9.09. The molecule has 0 fully saturated rings. The Morgan fingerprint density at radius 2 is 1.92 bits per heavy atom. The number of hydrogen-bond donors (Lipinski definition) is 1. The molecule has 0 aromatic heterocycles. The van der Waals surface area contributed by atoms with Crippen LogP contribution >= 0.6 is 15.9 Å². The second-order valence-corrected chi connectivity index (χ2v) is 7.09. The third-order valence-corrected chi connectivity index (χ3v) is 4.81. The van der Waals surface area contributed by atoms with Gasteiger partial charge in [-0.25, -0.2) is 0 Å². The predicted octanol–water partition coefficient (Wildman–Crippen LogP) is 2.22. The molecule has 0 spiro atoms. The van der Waals surface area contributed by atoms with Crippen molar-refractivity contribution in [1.82, 2.24) is 0 Å². The Morgan fingerprint density at radius 1 is 1.19 bits per heavy atom. The molecule has 0 saturated heterocycles. The molecule has 2 aromatic carbocycles. The van der Waals surface area contributed by atoms with Gasteiger partial charge >= 0.3 is 5.91 Å². The minimum absolute atomic E-state index is 0.412. The summed E-state index contributed by atoms with van der Waals surface area (Å²) in [5.74, 6) is -0.123. The van der Waals surface area contributed by atoms with Gasteiger partial charge in [0.25, 0.3) is 5.78 Å². The third-order valence-electron chi connectivity index (χ3n) is 4.17. The number of quaternary nitrogens is 1. The maximum absolute atomic E-state index is 12.4. The Kier molecular flexibility index (Phi) is 5.54. The molecule has 0 aliphatic carbocycles. The third kappa shape index (κ3) is 3.71. The minimum Gasteiger partial charge on any atom is -0.490 e. The van der Waals surface area contributed by atoms with E-state index in [1.54, 1.807) is 23.1 Å². The molecule has 1 aliphatic rings. The van der Waals surface area contributed by atoms with Crippen molar-refractivity contribution >= 4 is 33.3 Å². The van der Waals surface area contributed by atoms with E-state index in [1.807, 2.05) is 37.4 Å². The van der Waals surface area contributed by atoms with Crippen molar-refractivity contribution in [2.24, 2.45) is 0 Å². The molecule has 134 valence electrons. The van der Waals surface area contributed by atoms with Crippen molar-refractivity contribution in [2.45, 2.75) is 6.54 Å². The number of Topliss-reactive ketones (excluding diaryl/α,β-unsaturated/α-hetero) is 1. The van der Waals surface area contributed by atoms with Crippen molar-refractivity contribution in [3.63, 3.8) is 0 Å². The SMILES string of the molecule is C=CCOc1ccc(C[NH+](C)CN2C(=O)C(=O)c3cccc(Br)c32)cc1. The van der Waals surface area contributed by atoms with E-state index in [2.05, 4.69) is 22.5 Å². The summed E-state index contributed by atoms with van der Waals surface area (Å²) >= 11 is 3.45. The fourth-order valence-electron chi connectivity index (χ4n) is 3.00. The van der Waals surface area contributed by atoms with Crippen LogP contribution in [0.4, 0.5) is 5.69 Å². The van der Waals surface area contributed by atoms with Gasteiger partial charge in [0.1, 0.15) is 18.9 Å². The number of nitrogens with zero attached hydrogens (tertiary/aromatic N) is 1. The average molecular weight is 416 g/mol. The van der Waals surface area contributed by atoms with Gasteiger partial charge in [-0.1, -0.05) is 18.7 Å². The van der Waals surface area contributed by atoms with Gasteiger partial charge in [0.05, 0.1) is 18.3 Å². The van der Waals surface area contributed by atoms with Crippen LogP contribution in [-0.2, 0) is 11.3 Å². The van der Waals surface area contributed by atoms with Gasteiger partial charge < -0.3 is 9.64 Å². The standard InChI is InChI=1S/C20H19BrN2O3/c1-3-11-26-15-9-7-14(8-10-15)12-22(2)13-23-18-16(19(24)20(23)25)5-4-6-17(18)21/h3-10H,1,11-13H2,2H3/p+1. The molecule has 6 heteroatoms. The maximum atomic E-state index is 12.4. The van der Waals surface area contributed by atoms with Crippen molar-refractivity contribution in [3.05, 3.63) is 70.7 Å². The zero-order chi connectivity index (χ0) is 18.7. The molecule has 1 aliphatic heterocycles. The number of carbonyl (C=O) groups is 2. The van der Waals surface area contributed by atoms with Crippen molar-refractivity contribution in [3.8, 4) is 5.75 Å². The summed E-state index contributed by atoms with van der Waals surface area (Å²) < 4.78 is 6.24. The smallest absolute Gasteiger partial charge is 0.303 e. The van der Waals surface area contributed by atoms with Gasteiger partial charge in [-0.05, 0) is 52.3 Å². The highest BCUT2D eigenvalue weighted by atomic mass is 79.9. The van der Waals surface area contributed by atoms with Gasteiger partial charge in [-0.15, -0.1) is 0 Å². The van der Waals surface area contributed by atoms with E-state index >= 15 is 0 Å². The fraction of sp³-hybridized carbons (Fsp3) is 0.200. The van der Waals surface area contributed by atoms with Crippen LogP contribution < -0.4 is 14.5 Å². The number of anilines is 1. The van der Waals surface area contributed by atoms with E-state index < -0.39 is 11.7 Å². The molecule has 1 heterocycles. The Morgan fingerprint density at radius 3 is 2.62 bits per heavy atom. The number of carbonyl (C=O) groups excluding carboxylic acids is 2. The summed E-state index contributed by atoms with van der Waals surface area (Å²) in [4.78, 5) is 27.2. The van der Waals surface area contributed by atoms with E-state index in [0.29, 0.717) is 24.5 Å². The molecule has 1 N–H and O–H groups in total. The van der Waals surface area contributed by atoms with E-state index in [1.165, 1.54) is 0 Å². The Balaban J connectivity index is 1.69. The summed E-state index contributed by atoms with van der Waals surface area (Å²) in [6, 6.07) is 13.1. The predicted molar refractivity (Wildman–Crippen MR) is 104 cm³/mol. The Bertz CT molecular complexity index is 849. The highest BCUT2D eigenvalue weighted by Crippen LogP contribution is 2.35. The first-order chi connectivity index (χ1) is 12.5. The number of amides is 1. The second-order valence-electron chi connectivity index (χ2n) is 6.23. The number of benzene rings is 2. The maximum Gasteiger partial charge on any atom is 0.303 e. The minimum atomic E-state index is -0.473. The van der Waals surface area contributed by atoms with Crippen LogP contribution in [0.5, 0.6) is 5.75 Å². The summed E-state index contributed by atoms with van der Waals surface area (Å²) in [5, 5.41) is 0. The topological polar surface area (TPSA) is 51.1 Å². The summed E-state index contributed by atoms with van der Waals surface area (Å²) in [7, 11) is 1.99. The van der Waals surface area contributed by atoms with Crippen LogP contribution in [0.1, 0.15) is 15.9 Å². The average Bonchev–Trinajstić information content (AvgIpc) is 2.87. The lowest BCUT2D eigenvalue weighted by atomic mass is 10.1. The summed E-state index contributed by atoms with van der Waals surface area (Å²) in [5.41, 5.74) is 2.25. The van der Waals surface area contributed by atoms with Crippen LogP contribution in [0.3, 0.4) is 0 Å². The highest BCUT2D eigenvalue weighted by molar-refractivity contribution is 9.10. The Hall–Kier alpha value is -2.44. The number of ether oxygens (including phenoxy) is 1. The van der Waals surface area contributed by atoms with Crippen LogP contribution in [-0.4, -0.2) is 32.0 Å². The monoisotopic (exact) mass is 415 g/mol. The quantitative estimate of drug-likeness (QED) is 0.557. The zero-order valence-electron chi connectivity index (χ0n) is 14.5. The number of ketones is 1. The summed E-state index contributed by atoms with van der Waals surface area (Å²) in [6.45, 7) is 5.24. The fourth-order valence-corrected chi connectivity index (χ4v) is 3.58.